The van der Waals surface area contributed by atoms with Crippen molar-refractivity contribution in [2.75, 3.05) is 16.4 Å². The highest BCUT2D eigenvalue weighted by atomic mass is 16.2. The number of anilines is 3. The van der Waals surface area contributed by atoms with Crippen LogP contribution in [0.3, 0.4) is 0 Å². The number of aromatic nitrogens is 2. The maximum Gasteiger partial charge on any atom is 0.324 e. The smallest absolute Gasteiger partial charge is 0.324 e. The average Bonchev–Trinajstić information content (AvgIpc) is 2.64. The Labute approximate surface area is 105 Å². The van der Waals surface area contributed by atoms with Crippen molar-refractivity contribution in [2.45, 2.75) is 6.92 Å². The number of carbonyl (C=O) groups excluding carboxylic acids is 1. The van der Waals surface area contributed by atoms with E-state index in [1.165, 1.54) is 10.9 Å². The molecule has 1 aromatic heterocycles. The van der Waals surface area contributed by atoms with E-state index in [-0.39, 0.29) is 6.03 Å². The Hall–Kier alpha value is -2.50. The first kappa shape index (κ1) is 12.0. The highest BCUT2D eigenvalue weighted by molar-refractivity contribution is 6.00. The molecule has 4 N–H and O–H groups in total. The molecule has 0 atom stereocenters. The Bertz CT molecular complexity index is 539. The molecule has 0 fully saturated rings. The van der Waals surface area contributed by atoms with Gasteiger partial charge in [0.25, 0.3) is 0 Å². The third-order valence-corrected chi connectivity index (χ3v) is 2.51. The summed E-state index contributed by atoms with van der Waals surface area (Å²) < 4.78 is 1.50. The van der Waals surface area contributed by atoms with E-state index in [4.69, 9.17) is 5.73 Å². The highest BCUT2D eigenvalue weighted by Gasteiger charge is 2.09. The Morgan fingerprint density at radius 1 is 1.28 bits per heavy atom. The first-order valence-electron chi connectivity index (χ1n) is 5.48. The minimum Gasteiger partial charge on any atom is -0.394 e. The van der Waals surface area contributed by atoms with Crippen molar-refractivity contribution in [3.63, 3.8) is 0 Å². The number of benzene rings is 1. The van der Waals surface area contributed by atoms with Gasteiger partial charge >= 0.3 is 6.03 Å². The lowest BCUT2D eigenvalue weighted by molar-refractivity contribution is 0.262. The predicted molar refractivity (Wildman–Crippen MR) is 71.4 cm³/mol. The number of hydrogen-bond donors (Lipinski definition) is 3. The van der Waals surface area contributed by atoms with Gasteiger partial charge in [-0.15, -0.1) is 0 Å². The molecule has 0 aliphatic carbocycles. The number of nitrogens with zero attached hydrogens (tertiary/aromatic N) is 2. The van der Waals surface area contributed by atoms with Gasteiger partial charge in [-0.05, 0) is 19.1 Å². The van der Waals surface area contributed by atoms with E-state index >= 15 is 0 Å². The highest BCUT2D eigenvalue weighted by Crippen LogP contribution is 2.16. The number of aryl methyl sites for hydroxylation is 2. The number of amides is 2. The average molecular weight is 245 g/mol. The largest absolute Gasteiger partial charge is 0.394 e. The van der Waals surface area contributed by atoms with E-state index in [1.54, 1.807) is 7.05 Å². The van der Waals surface area contributed by atoms with Gasteiger partial charge < -0.3 is 11.1 Å². The molecule has 0 spiro atoms. The second kappa shape index (κ2) is 4.79. The normalized spacial score (nSPS) is 10.1. The Morgan fingerprint density at radius 2 is 1.94 bits per heavy atom. The monoisotopic (exact) mass is 245 g/mol. The fraction of sp³-hybridized carbons (Fsp3) is 0.167. The molecule has 0 saturated heterocycles. The van der Waals surface area contributed by atoms with Crippen LogP contribution >= 0.6 is 0 Å². The van der Waals surface area contributed by atoms with Crippen molar-refractivity contribution >= 4 is 23.2 Å². The third-order valence-electron chi connectivity index (χ3n) is 2.51. The maximum absolute atomic E-state index is 11.8. The summed E-state index contributed by atoms with van der Waals surface area (Å²) in [4.78, 5) is 11.8. The van der Waals surface area contributed by atoms with Gasteiger partial charge in [-0.25, -0.2) is 4.79 Å². The molecule has 0 unspecified atom stereocenters. The molecule has 0 saturated carbocycles. The number of urea groups is 1. The molecule has 0 aliphatic heterocycles. The fourth-order valence-corrected chi connectivity index (χ4v) is 1.51. The summed E-state index contributed by atoms with van der Waals surface area (Å²) in [7, 11) is 1.71. The maximum atomic E-state index is 11.8. The Kier molecular flexibility index (Phi) is 3.18. The van der Waals surface area contributed by atoms with Gasteiger partial charge in [0.2, 0.25) is 0 Å². The molecule has 0 bridgehead atoms. The second-order valence-corrected chi connectivity index (χ2v) is 4.02. The molecule has 0 radical (unpaired) electrons. The molecule has 2 aromatic rings. The van der Waals surface area contributed by atoms with E-state index in [0.717, 1.165) is 11.3 Å². The van der Waals surface area contributed by atoms with E-state index < -0.39 is 0 Å². The molecule has 6 heteroatoms. The van der Waals surface area contributed by atoms with Crippen molar-refractivity contribution in [1.82, 2.24) is 9.78 Å². The number of nitrogens with two attached hydrogens (primary N) is 1. The number of carbonyl (C=O) groups is 1. The van der Waals surface area contributed by atoms with Gasteiger partial charge in [-0.3, -0.25) is 10.00 Å². The SMILES string of the molecule is Cc1ccc(NC(=O)Nc2c(N)cnn2C)cc1. The zero-order valence-electron chi connectivity index (χ0n) is 10.3. The molecule has 94 valence electrons. The molecule has 18 heavy (non-hydrogen) atoms. The van der Waals surface area contributed by atoms with E-state index in [0.29, 0.717) is 11.5 Å². The number of hydrogen-bond acceptors (Lipinski definition) is 3. The van der Waals surface area contributed by atoms with E-state index in [9.17, 15) is 4.79 Å². The van der Waals surface area contributed by atoms with Gasteiger partial charge in [0.1, 0.15) is 0 Å². The van der Waals surface area contributed by atoms with Gasteiger partial charge in [-0.1, -0.05) is 17.7 Å². The molecule has 6 nitrogen and oxygen atoms in total. The first-order valence-corrected chi connectivity index (χ1v) is 5.48. The van der Waals surface area contributed by atoms with Crippen LogP contribution in [0.2, 0.25) is 0 Å². The summed E-state index contributed by atoms with van der Waals surface area (Å²) in [5.74, 6) is 0.472. The van der Waals surface area contributed by atoms with Gasteiger partial charge in [0, 0.05) is 12.7 Å². The number of nitrogen functional groups attached to an aromatic ring is 1. The Balaban J connectivity index is 2.03. The zero-order chi connectivity index (χ0) is 13.1. The van der Waals surface area contributed by atoms with Crippen LogP contribution in [-0.2, 0) is 7.05 Å². The van der Waals surface area contributed by atoms with Crippen LogP contribution < -0.4 is 16.4 Å². The quantitative estimate of drug-likeness (QED) is 0.756. The molecular weight excluding hydrogens is 230 g/mol. The zero-order valence-corrected chi connectivity index (χ0v) is 10.3. The van der Waals surface area contributed by atoms with Gasteiger partial charge in [0.05, 0.1) is 11.9 Å². The van der Waals surface area contributed by atoms with Crippen LogP contribution in [0.15, 0.2) is 30.5 Å². The number of rotatable bonds is 2. The number of nitrogens with one attached hydrogen (secondary N) is 2. The van der Waals surface area contributed by atoms with Crippen molar-refractivity contribution in [3.05, 3.63) is 36.0 Å². The van der Waals surface area contributed by atoms with Crippen molar-refractivity contribution < 1.29 is 4.79 Å². The lowest BCUT2D eigenvalue weighted by Gasteiger charge is -2.08. The summed E-state index contributed by atoms with van der Waals surface area (Å²) in [6.07, 6.45) is 1.49. The summed E-state index contributed by atoms with van der Waals surface area (Å²) in [6.45, 7) is 1.99. The molecular formula is C12H15N5O. The molecule has 0 aliphatic rings. The van der Waals surface area contributed by atoms with Crippen LogP contribution in [0.1, 0.15) is 5.56 Å². The summed E-state index contributed by atoms with van der Waals surface area (Å²) >= 11 is 0. The molecule has 2 amide bonds. The standard InChI is InChI=1S/C12H15N5O/c1-8-3-5-9(6-4-8)15-12(18)16-11-10(13)7-14-17(11)2/h3-7H,13H2,1-2H3,(H2,15,16,18). The summed E-state index contributed by atoms with van der Waals surface area (Å²) in [5.41, 5.74) is 7.96. The van der Waals surface area contributed by atoms with E-state index in [2.05, 4.69) is 15.7 Å². The third kappa shape index (κ3) is 2.60. The van der Waals surface area contributed by atoms with Crippen molar-refractivity contribution in [1.29, 1.82) is 0 Å². The Morgan fingerprint density at radius 3 is 2.50 bits per heavy atom. The molecule has 2 rings (SSSR count). The second-order valence-electron chi connectivity index (χ2n) is 4.02. The van der Waals surface area contributed by atoms with Crippen LogP contribution in [-0.4, -0.2) is 15.8 Å². The van der Waals surface area contributed by atoms with Gasteiger partial charge in [-0.2, -0.15) is 5.10 Å². The van der Waals surface area contributed by atoms with E-state index in [1.807, 2.05) is 31.2 Å². The lowest BCUT2D eigenvalue weighted by Crippen LogP contribution is -2.21. The molecule has 1 aromatic carbocycles. The minimum atomic E-state index is -0.353. The predicted octanol–water partition coefficient (Wildman–Crippen LogP) is 1.95. The van der Waals surface area contributed by atoms with Crippen molar-refractivity contribution in [2.24, 2.45) is 7.05 Å². The van der Waals surface area contributed by atoms with Crippen LogP contribution in [0.5, 0.6) is 0 Å². The van der Waals surface area contributed by atoms with Crippen LogP contribution in [0.4, 0.5) is 22.0 Å². The fourth-order valence-electron chi connectivity index (χ4n) is 1.51. The van der Waals surface area contributed by atoms with Crippen LogP contribution in [0.25, 0.3) is 0 Å². The lowest BCUT2D eigenvalue weighted by atomic mass is 10.2. The van der Waals surface area contributed by atoms with Crippen LogP contribution in [0, 0.1) is 6.92 Å². The van der Waals surface area contributed by atoms with Crippen molar-refractivity contribution in [3.8, 4) is 0 Å². The minimum absolute atomic E-state index is 0.353. The topological polar surface area (TPSA) is 85.0 Å². The van der Waals surface area contributed by atoms with Gasteiger partial charge in [0.15, 0.2) is 5.82 Å². The first-order chi connectivity index (χ1) is 8.56. The molecule has 1 heterocycles. The summed E-state index contributed by atoms with van der Waals surface area (Å²) in [5, 5.41) is 9.30. The summed E-state index contributed by atoms with van der Waals surface area (Å²) in [6, 6.07) is 7.17.